The van der Waals surface area contributed by atoms with Crippen LogP contribution in [0.3, 0.4) is 0 Å². The molecule has 0 fully saturated rings. The Morgan fingerprint density at radius 3 is 2.42 bits per heavy atom. The fourth-order valence-corrected chi connectivity index (χ4v) is 3.12. The summed E-state index contributed by atoms with van der Waals surface area (Å²) in [4.78, 5) is 11.8. The second kappa shape index (κ2) is 8.83. The van der Waals surface area contributed by atoms with E-state index in [0.717, 1.165) is 55.7 Å². The zero-order valence-electron chi connectivity index (χ0n) is 15.9. The van der Waals surface area contributed by atoms with Gasteiger partial charge in [-0.05, 0) is 51.3 Å². The molecule has 2 aromatic carbocycles. The normalized spacial score (nSPS) is 15.2. The third kappa shape index (κ3) is 4.62. The van der Waals surface area contributed by atoms with Crippen molar-refractivity contribution in [2.24, 2.45) is 4.99 Å². The van der Waals surface area contributed by atoms with Crippen LogP contribution in [0.2, 0.25) is 0 Å². The van der Waals surface area contributed by atoms with E-state index in [-0.39, 0.29) is 0 Å². The highest BCUT2D eigenvalue weighted by Gasteiger charge is 2.23. The Labute approximate surface area is 156 Å². The Morgan fingerprint density at radius 1 is 1.04 bits per heavy atom. The molecule has 0 atom stereocenters. The molecule has 0 radical (unpaired) electrons. The summed E-state index contributed by atoms with van der Waals surface area (Å²) in [5.41, 5.74) is 2.28. The van der Waals surface area contributed by atoms with Gasteiger partial charge >= 0.3 is 0 Å². The molecule has 0 spiro atoms. The van der Waals surface area contributed by atoms with Crippen molar-refractivity contribution in [3.63, 3.8) is 0 Å². The van der Waals surface area contributed by atoms with Crippen LogP contribution in [0.25, 0.3) is 0 Å². The quantitative estimate of drug-likeness (QED) is 0.766. The summed E-state index contributed by atoms with van der Waals surface area (Å²) in [6.45, 7) is 3.71. The lowest BCUT2D eigenvalue weighted by atomic mass is 10.1. The van der Waals surface area contributed by atoms with Gasteiger partial charge in [-0.1, -0.05) is 30.3 Å². The highest BCUT2D eigenvalue weighted by Crippen LogP contribution is 2.24. The van der Waals surface area contributed by atoms with E-state index in [1.165, 1.54) is 0 Å². The number of amidine groups is 1. The molecule has 1 aliphatic heterocycles. The van der Waals surface area contributed by atoms with Crippen molar-refractivity contribution in [2.75, 3.05) is 52.5 Å². The number of hydrogen-bond acceptors (Lipinski definition) is 5. The topological polar surface area (TPSA) is 31.3 Å². The molecule has 0 aliphatic carbocycles. The van der Waals surface area contributed by atoms with Crippen molar-refractivity contribution in [3.8, 4) is 5.75 Å². The maximum atomic E-state index is 5.30. The first-order valence-electron chi connectivity index (χ1n) is 9.06. The van der Waals surface area contributed by atoms with Crippen LogP contribution >= 0.6 is 0 Å². The number of hydrogen-bond donors (Lipinski definition) is 0. The third-order valence-electron chi connectivity index (χ3n) is 4.51. The summed E-state index contributed by atoms with van der Waals surface area (Å²) in [5.74, 6) is 1.89. The summed E-state index contributed by atoms with van der Waals surface area (Å²) in [7, 11) is 5.93. The van der Waals surface area contributed by atoms with E-state index >= 15 is 0 Å². The molecule has 26 heavy (non-hydrogen) atoms. The predicted molar refractivity (Wildman–Crippen MR) is 108 cm³/mol. The molecule has 1 aliphatic rings. The molecule has 0 bridgehead atoms. The largest absolute Gasteiger partial charge is 0.497 e. The van der Waals surface area contributed by atoms with E-state index in [0.29, 0.717) is 0 Å². The number of anilines is 1. The molecule has 0 N–H and O–H groups in total. The first-order chi connectivity index (χ1) is 12.7. The van der Waals surface area contributed by atoms with Crippen molar-refractivity contribution in [3.05, 3.63) is 60.2 Å². The van der Waals surface area contributed by atoms with E-state index in [1.807, 2.05) is 18.2 Å². The maximum absolute atomic E-state index is 5.30. The minimum atomic E-state index is 0.740. The van der Waals surface area contributed by atoms with Crippen molar-refractivity contribution in [2.45, 2.75) is 6.42 Å². The number of aliphatic imine (C=N–C) groups is 1. The Hall–Kier alpha value is -2.37. The average molecular weight is 352 g/mol. The SMILES string of the molecule is COc1ccc(N2CN(CCCN(C)C)CN=C2c2ccccc2)cc1. The number of ether oxygens (including phenoxy) is 1. The van der Waals surface area contributed by atoms with Gasteiger partial charge in [-0.15, -0.1) is 0 Å². The first-order valence-corrected chi connectivity index (χ1v) is 9.06. The summed E-state index contributed by atoms with van der Waals surface area (Å²) in [6.07, 6.45) is 1.14. The van der Waals surface area contributed by atoms with Crippen LogP contribution < -0.4 is 9.64 Å². The molecule has 0 saturated carbocycles. The van der Waals surface area contributed by atoms with Crippen molar-refractivity contribution in [1.82, 2.24) is 9.80 Å². The van der Waals surface area contributed by atoms with Gasteiger partial charge < -0.3 is 14.5 Å². The summed E-state index contributed by atoms with van der Waals surface area (Å²) in [5, 5.41) is 0. The van der Waals surface area contributed by atoms with Crippen LogP contribution in [0.4, 0.5) is 5.69 Å². The second-order valence-electron chi connectivity index (χ2n) is 6.81. The fraction of sp³-hybridized carbons (Fsp3) is 0.381. The second-order valence-corrected chi connectivity index (χ2v) is 6.81. The summed E-state index contributed by atoms with van der Waals surface area (Å²) < 4.78 is 5.30. The lowest BCUT2D eigenvalue weighted by molar-refractivity contribution is 0.261. The van der Waals surface area contributed by atoms with Gasteiger partial charge in [-0.3, -0.25) is 9.89 Å². The van der Waals surface area contributed by atoms with E-state index < -0.39 is 0 Å². The highest BCUT2D eigenvalue weighted by molar-refractivity contribution is 6.10. The summed E-state index contributed by atoms with van der Waals surface area (Å²) in [6, 6.07) is 18.6. The molecule has 138 valence electrons. The molecule has 5 nitrogen and oxygen atoms in total. The smallest absolute Gasteiger partial charge is 0.137 e. The predicted octanol–water partition coefficient (Wildman–Crippen LogP) is 3.13. The lowest BCUT2D eigenvalue weighted by Gasteiger charge is -2.36. The van der Waals surface area contributed by atoms with Gasteiger partial charge in [0.05, 0.1) is 20.4 Å². The minimum absolute atomic E-state index is 0.740. The maximum Gasteiger partial charge on any atom is 0.137 e. The van der Waals surface area contributed by atoms with Crippen LogP contribution in [0.5, 0.6) is 5.75 Å². The molecule has 1 heterocycles. The van der Waals surface area contributed by atoms with Gasteiger partial charge in [0.2, 0.25) is 0 Å². The Balaban J connectivity index is 1.82. The highest BCUT2D eigenvalue weighted by atomic mass is 16.5. The molecule has 3 rings (SSSR count). The Kier molecular flexibility index (Phi) is 6.26. The molecule has 0 aromatic heterocycles. The van der Waals surface area contributed by atoms with E-state index in [2.05, 4.69) is 65.2 Å². The standard InChI is InChI=1S/C21H28N4O/c1-23(2)14-7-15-24-16-22-21(18-8-5-4-6-9-18)25(17-24)19-10-12-20(26-3)13-11-19/h4-6,8-13H,7,14-17H2,1-3H3. The minimum Gasteiger partial charge on any atom is -0.497 e. The van der Waals surface area contributed by atoms with Crippen LogP contribution in [0.1, 0.15) is 12.0 Å². The summed E-state index contributed by atoms with van der Waals surface area (Å²) >= 11 is 0. The van der Waals surface area contributed by atoms with Crippen molar-refractivity contribution >= 4 is 11.5 Å². The number of nitrogens with zero attached hydrogens (tertiary/aromatic N) is 4. The molecule has 0 amide bonds. The van der Waals surface area contributed by atoms with E-state index in [4.69, 9.17) is 9.73 Å². The van der Waals surface area contributed by atoms with Crippen LogP contribution in [0, 0.1) is 0 Å². The van der Waals surface area contributed by atoms with Gasteiger partial charge in [0, 0.05) is 17.8 Å². The van der Waals surface area contributed by atoms with Crippen molar-refractivity contribution in [1.29, 1.82) is 0 Å². The molecular weight excluding hydrogens is 324 g/mol. The molecule has 0 unspecified atom stereocenters. The van der Waals surface area contributed by atoms with E-state index in [1.54, 1.807) is 7.11 Å². The lowest BCUT2D eigenvalue weighted by Crippen LogP contribution is -2.47. The average Bonchev–Trinajstić information content (AvgIpc) is 2.68. The van der Waals surface area contributed by atoms with Gasteiger partial charge in [-0.2, -0.15) is 0 Å². The fourth-order valence-electron chi connectivity index (χ4n) is 3.12. The zero-order valence-corrected chi connectivity index (χ0v) is 15.9. The van der Waals surface area contributed by atoms with Crippen LogP contribution in [-0.4, -0.2) is 63.3 Å². The van der Waals surface area contributed by atoms with Crippen LogP contribution in [0.15, 0.2) is 59.6 Å². The number of methoxy groups -OCH3 is 1. The van der Waals surface area contributed by atoms with Gasteiger partial charge in [0.15, 0.2) is 0 Å². The molecular formula is C21H28N4O. The monoisotopic (exact) mass is 352 g/mol. The van der Waals surface area contributed by atoms with E-state index in [9.17, 15) is 0 Å². The van der Waals surface area contributed by atoms with Crippen molar-refractivity contribution < 1.29 is 4.74 Å². The van der Waals surface area contributed by atoms with Gasteiger partial charge in [0.25, 0.3) is 0 Å². The van der Waals surface area contributed by atoms with Crippen LogP contribution in [-0.2, 0) is 0 Å². The molecule has 0 saturated heterocycles. The number of benzene rings is 2. The number of rotatable bonds is 7. The third-order valence-corrected chi connectivity index (χ3v) is 4.51. The zero-order chi connectivity index (χ0) is 18.4. The molecule has 2 aromatic rings. The van der Waals surface area contributed by atoms with Gasteiger partial charge in [-0.25, -0.2) is 0 Å². The first kappa shape index (κ1) is 18.4. The van der Waals surface area contributed by atoms with Gasteiger partial charge in [0.1, 0.15) is 11.6 Å². The Bertz CT molecular complexity index is 713. The Morgan fingerprint density at radius 2 is 1.77 bits per heavy atom. The molecule has 5 heteroatoms.